The SMILES string of the molecule is C=CC1=CC=C(OCC(C)CCCCC2(C3C=CCCC3)C3=CC(N(C4=CCC(C5=CCC(C(C)(C)C)C=C5)CC4)C4=CCC(c5ccc6c(c5)C5CC(C7=CCC(C=C)C=C7)=CC=C5N6c5ccccc5)CC4)=CCC3C3C=CCCC32)CC1. The van der Waals surface area contributed by atoms with Gasteiger partial charge in [0.05, 0.1) is 12.4 Å². The van der Waals surface area contributed by atoms with E-state index in [0.29, 0.717) is 64.6 Å². The van der Waals surface area contributed by atoms with Crippen LogP contribution in [0.4, 0.5) is 11.4 Å². The fraction of sp³-hybridized carbons (Fsp3) is 0.463. The number of rotatable bonds is 18. The molecular formula is C82H98N2O. The highest BCUT2D eigenvalue weighted by molar-refractivity contribution is 5.80. The molecule has 13 rings (SSSR count). The number of hydrogen-bond donors (Lipinski definition) is 0. The van der Waals surface area contributed by atoms with Crippen LogP contribution >= 0.6 is 0 Å². The van der Waals surface area contributed by atoms with E-state index in [9.17, 15) is 0 Å². The van der Waals surface area contributed by atoms with Crippen molar-refractivity contribution in [1.29, 1.82) is 0 Å². The largest absolute Gasteiger partial charge is 0.498 e. The second-order valence-electron chi connectivity index (χ2n) is 28.6. The predicted octanol–water partition coefficient (Wildman–Crippen LogP) is 22.3. The lowest BCUT2D eigenvalue weighted by molar-refractivity contribution is 0.111. The second-order valence-corrected chi connectivity index (χ2v) is 28.6. The van der Waals surface area contributed by atoms with Gasteiger partial charge in [0, 0.05) is 51.9 Å². The van der Waals surface area contributed by atoms with Gasteiger partial charge in [0.2, 0.25) is 0 Å². The van der Waals surface area contributed by atoms with Crippen LogP contribution in [0.5, 0.6) is 0 Å². The molecule has 85 heavy (non-hydrogen) atoms. The molecule has 442 valence electrons. The number of fused-ring (bicyclic) bond motifs is 6. The highest BCUT2D eigenvalue weighted by atomic mass is 16.5. The van der Waals surface area contributed by atoms with Crippen LogP contribution in [0.2, 0.25) is 0 Å². The maximum Gasteiger partial charge on any atom is 0.0963 e. The van der Waals surface area contributed by atoms with Crippen molar-refractivity contribution in [2.45, 2.75) is 174 Å². The molecule has 3 nitrogen and oxygen atoms in total. The molecule has 10 aliphatic carbocycles. The van der Waals surface area contributed by atoms with E-state index in [-0.39, 0.29) is 5.41 Å². The van der Waals surface area contributed by atoms with E-state index < -0.39 is 0 Å². The van der Waals surface area contributed by atoms with Gasteiger partial charge in [-0.25, -0.2) is 0 Å². The van der Waals surface area contributed by atoms with Crippen LogP contribution in [0, 0.1) is 58.2 Å². The highest BCUT2D eigenvalue weighted by Crippen LogP contribution is 2.67. The molecule has 0 aromatic heterocycles. The van der Waals surface area contributed by atoms with E-state index in [1.54, 1.807) is 17.0 Å². The average Bonchev–Trinajstić information content (AvgIpc) is 1.67. The molecule has 2 aromatic carbocycles. The van der Waals surface area contributed by atoms with Crippen molar-refractivity contribution in [3.8, 4) is 0 Å². The van der Waals surface area contributed by atoms with Crippen molar-refractivity contribution >= 4 is 11.4 Å². The standard InChI is InChI=1S/C82H98N2O/c1-7-58-26-30-62(31-27-58)64-38-50-79-75(53-64)76-54-65(39-51-80(76)84(79)68-22-13-10-14-23-68)63-36-44-70(45-37-63)83(69-42-34-61(35-43-69)60-32-40-66(41-33-60)81(4,5)6)71-46-49-74-73-24-15-16-25-77(73)82(78(74)55-71,67-20-11-9-12-21-67)52-18-17-19-57(3)56-85-72-47-28-59(8-2)29-48-72/h7-8,10-11,13-15,20,22-24,26,28,30-33,38-40,42,44,46-47,50-51,54-55,57-58,61,63,66-67,73-75,77H,1-2,9,12,16-19,21,25,27,29,34-37,41,43,45,48-49,52-53,56H2,3-6H3. The van der Waals surface area contributed by atoms with Gasteiger partial charge in [-0.05, 0) is 244 Å². The summed E-state index contributed by atoms with van der Waals surface area (Å²) < 4.78 is 6.44. The summed E-state index contributed by atoms with van der Waals surface area (Å²) in [7, 11) is 0. The smallest absolute Gasteiger partial charge is 0.0963 e. The Morgan fingerprint density at radius 1 is 0.765 bits per heavy atom. The van der Waals surface area contributed by atoms with E-state index in [1.807, 2.05) is 11.6 Å². The molecule has 0 saturated heterocycles. The van der Waals surface area contributed by atoms with Gasteiger partial charge in [0.25, 0.3) is 0 Å². The molecular weight excluding hydrogens is 1030 g/mol. The Balaban J connectivity index is 0.800. The lowest BCUT2D eigenvalue weighted by Crippen LogP contribution is -2.38. The number of hydrogen-bond acceptors (Lipinski definition) is 3. The van der Waals surface area contributed by atoms with E-state index in [4.69, 9.17) is 4.74 Å². The number of allylic oxidation sites excluding steroid dienone is 29. The maximum atomic E-state index is 6.44. The number of unbranched alkanes of at least 4 members (excludes halogenated alkanes) is 1. The Morgan fingerprint density at radius 3 is 2.31 bits per heavy atom. The summed E-state index contributed by atoms with van der Waals surface area (Å²) in [6.45, 7) is 18.5. The summed E-state index contributed by atoms with van der Waals surface area (Å²) in [4.78, 5) is 5.42. The lowest BCUT2D eigenvalue weighted by Gasteiger charge is -2.46. The van der Waals surface area contributed by atoms with E-state index in [2.05, 4.69) is 215 Å². The first-order valence-electron chi connectivity index (χ1n) is 33.9. The average molecular weight is 1130 g/mol. The zero-order valence-corrected chi connectivity index (χ0v) is 52.2. The molecule has 0 radical (unpaired) electrons. The first kappa shape index (κ1) is 57.7. The molecule has 1 aliphatic heterocycles. The van der Waals surface area contributed by atoms with Gasteiger partial charge < -0.3 is 14.5 Å². The second kappa shape index (κ2) is 25.2. The van der Waals surface area contributed by atoms with E-state index >= 15 is 0 Å². The Hall–Kier alpha value is -6.32. The molecule has 3 heteroatoms. The van der Waals surface area contributed by atoms with Crippen LogP contribution in [0.1, 0.15) is 185 Å². The number of ether oxygens (including phenoxy) is 1. The molecule has 11 unspecified atom stereocenters. The van der Waals surface area contributed by atoms with Crippen molar-refractivity contribution in [2.75, 3.05) is 11.5 Å². The number of anilines is 2. The zero-order valence-electron chi connectivity index (χ0n) is 52.2. The zero-order chi connectivity index (χ0) is 58.1. The molecule has 0 N–H and O–H groups in total. The molecule has 1 fully saturated rings. The molecule has 0 spiro atoms. The van der Waals surface area contributed by atoms with E-state index in [0.717, 1.165) is 70.2 Å². The quantitative estimate of drug-likeness (QED) is 0.109. The monoisotopic (exact) mass is 1130 g/mol. The minimum absolute atomic E-state index is 0.193. The van der Waals surface area contributed by atoms with Crippen LogP contribution in [0.15, 0.2) is 240 Å². The number of para-hydroxylation sites is 1. The van der Waals surface area contributed by atoms with Crippen molar-refractivity contribution in [1.82, 2.24) is 4.90 Å². The minimum atomic E-state index is 0.193. The van der Waals surface area contributed by atoms with Gasteiger partial charge in [-0.2, -0.15) is 0 Å². The summed E-state index contributed by atoms with van der Waals surface area (Å²) >= 11 is 0. The molecule has 1 saturated carbocycles. The third-order valence-corrected chi connectivity index (χ3v) is 22.6. The third kappa shape index (κ3) is 11.7. The van der Waals surface area contributed by atoms with Crippen molar-refractivity contribution < 1.29 is 4.74 Å². The first-order valence-corrected chi connectivity index (χ1v) is 33.9. The maximum absolute atomic E-state index is 6.44. The van der Waals surface area contributed by atoms with Gasteiger partial charge in [-0.1, -0.05) is 186 Å². The molecule has 11 atom stereocenters. The number of benzene rings is 2. The third-order valence-electron chi connectivity index (χ3n) is 22.6. The van der Waals surface area contributed by atoms with Gasteiger partial charge in [0.1, 0.15) is 0 Å². The van der Waals surface area contributed by atoms with Crippen molar-refractivity contribution in [3.05, 3.63) is 251 Å². The Bertz CT molecular complexity index is 3320. The predicted molar refractivity (Wildman–Crippen MR) is 359 cm³/mol. The molecule has 0 amide bonds. The van der Waals surface area contributed by atoms with Crippen molar-refractivity contribution in [3.63, 3.8) is 0 Å². The molecule has 1 heterocycles. The topological polar surface area (TPSA) is 15.7 Å². The Labute approximate surface area is 513 Å². The van der Waals surface area contributed by atoms with Crippen LogP contribution < -0.4 is 4.90 Å². The molecule has 11 aliphatic rings. The highest BCUT2D eigenvalue weighted by Gasteiger charge is 2.58. The van der Waals surface area contributed by atoms with Crippen molar-refractivity contribution in [2.24, 2.45) is 58.2 Å². The lowest BCUT2D eigenvalue weighted by atomic mass is 9.58. The van der Waals surface area contributed by atoms with Crippen LogP contribution in [0.25, 0.3) is 0 Å². The van der Waals surface area contributed by atoms with Crippen LogP contribution in [0.3, 0.4) is 0 Å². The van der Waals surface area contributed by atoms with Crippen LogP contribution in [-0.4, -0.2) is 11.5 Å². The van der Waals surface area contributed by atoms with Gasteiger partial charge >= 0.3 is 0 Å². The van der Waals surface area contributed by atoms with Gasteiger partial charge in [-0.15, -0.1) is 6.58 Å². The molecule has 0 bridgehead atoms. The summed E-state index contributed by atoms with van der Waals surface area (Å²) in [5, 5.41) is 0. The minimum Gasteiger partial charge on any atom is -0.498 e. The summed E-state index contributed by atoms with van der Waals surface area (Å²) in [6.07, 6.45) is 74.3. The van der Waals surface area contributed by atoms with Crippen LogP contribution in [-0.2, 0) is 4.74 Å². The summed E-state index contributed by atoms with van der Waals surface area (Å²) in [5.74, 6) is 6.67. The Kier molecular flexibility index (Phi) is 17.1. The van der Waals surface area contributed by atoms with Gasteiger partial charge in [0.15, 0.2) is 0 Å². The summed E-state index contributed by atoms with van der Waals surface area (Å²) in [6, 6.07) is 18.7. The normalized spacial score (nSPS) is 30.7. The van der Waals surface area contributed by atoms with E-state index in [1.165, 1.54) is 128 Å². The number of nitrogens with zero attached hydrogens (tertiary/aromatic N) is 2. The fourth-order valence-electron chi connectivity index (χ4n) is 17.7. The van der Waals surface area contributed by atoms with Gasteiger partial charge in [-0.3, -0.25) is 0 Å². The summed E-state index contributed by atoms with van der Waals surface area (Å²) in [5.41, 5.74) is 19.6. The first-order chi connectivity index (χ1) is 41.6. The fourth-order valence-corrected chi connectivity index (χ4v) is 17.7. The molecule has 2 aromatic rings. The Morgan fingerprint density at radius 2 is 1.60 bits per heavy atom.